The Morgan fingerprint density at radius 1 is 0.676 bits per heavy atom. The third kappa shape index (κ3) is 5.32. The van der Waals surface area contributed by atoms with Gasteiger partial charge in [0.1, 0.15) is 11.6 Å². The highest BCUT2D eigenvalue weighted by Gasteiger charge is 2.13. The fraction of sp³-hybridized carbons (Fsp3) is 0.133. The van der Waals surface area contributed by atoms with E-state index in [1.807, 2.05) is 83.7 Å². The smallest absolute Gasteiger partial charge is 0.134 e. The van der Waals surface area contributed by atoms with Crippen LogP contribution >= 0.6 is 0 Å². The second-order valence-corrected chi connectivity index (χ2v) is 8.85. The van der Waals surface area contributed by atoms with Crippen molar-refractivity contribution in [3.8, 4) is 16.9 Å². The van der Waals surface area contributed by atoms with Crippen molar-refractivity contribution in [2.75, 3.05) is 41.8 Å². The summed E-state index contributed by atoms with van der Waals surface area (Å²) in [6.45, 7) is 3.40. The lowest BCUT2D eigenvalue weighted by Gasteiger charge is -2.28. The lowest BCUT2D eigenvalue weighted by molar-refractivity contribution is 0.122. The van der Waals surface area contributed by atoms with Gasteiger partial charge in [0.2, 0.25) is 0 Å². The molecule has 5 aromatic rings. The summed E-state index contributed by atoms with van der Waals surface area (Å²) in [4.78, 5) is 6.88. The van der Waals surface area contributed by atoms with Crippen LogP contribution in [0.2, 0.25) is 0 Å². The van der Waals surface area contributed by atoms with Crippen molar-refractivity contribution < 1.29 is 4.74 Å². The molecule has 1 aliphatic heterocycles. The maximum atomic E-state index is 5.46. The standard InChI is InChI=1S/C30H28N6O/c1-3-7-24(8-4-1)33-30-22-28(34-36(30)27-9-5-2-6-10-27)23-15-16-31-29(21-23)32-25-11-13-26(14-12-25)35-17-19-37-20-18-35/h1-16,21-22,33H,17-20H2,(H,31,32). The Kier molecular flexibility index (Phi) is 6.51. The third-order valence-electron chi connectivity index (χ3n) is 6.33. The average molecular weight is 489 g/mol. The number of nitrogens with one attached hydrogen (secondary N) is 2. The van der Waals surface area contributed by atoms with Crippen LogP contribution in [0.1, 0.15) is 0 Å². The number of morpholine rings is 1. The lowest BCUT2D eigenvalue weighted by atomic mass is 10.2. The molecule has 0 saturated carbocycles. The van der Waals surface area contributed by atoms with Crippen molar-refractivity contribution >= 4 is 28.7 Å². The number of rotatable bonds is 7. The van der Waals surface area contributed by atoms with Crippen molar-refractivity contribution in [1.82, 2.24) is 14.8 Å². The number of aromatic nitrogens is 3. The molecular weight excluding hydrogens is 460 g/mol. The van der Waals surface area contributed by atoms with Gasteiger partial charge in [0, 0.05) is 48.0 Å². The van der Waals surface area contributed by atoms with E-state index in [2.05, 4.69) is 50.8 Å². The molecule has 2 aromatic heterocycles. The Bertz CT molecular complexity index is 1440. The highest BCUT2D eigenvalue weighted by molar-refractivity contribution is 5.71. The van der Waals surface area contributed by atoms with Gasteiger partial charge in [-0.25, -0.2) is 9.67 Å². The van der Waals surface area contributed by atoms with Crippen LogP contribution in [0, 0.1) is 0 Å². The van der Waals surface area contributed by atoms with Crippen molar-refractivity contribution in [2.45, 2.75) is 0 Å². The molecule has 0 bridgehead atoms. The van der Waals surface area contributed by atoms with Crippen LogP contribution in [0.15, 0.2) is 109 Å². The quantitative estimate of drug-likeness (QED) is 0.282. The molecule has 3 heterocycles. The van der Waals surface area contributed by atoms with Crippen LogP contribution < -0.4 is 15.5 Å². The summed E-state index contributed by atoms with van der Waals surface area (Å²) in [5.41, 5.74) is 6.02. The summed E-state index contributed by atoms with van der Waals surface area (Å²) in [6, 6.07) is 34.8. The monoisotopic (exact) mass is 488 g/mol. The van der Waals surface area contributed by atoms with Crippen molar-refractivity contribution in [3.05, 3.63) is 109 Å². The maximum Gasteiger partial charge on any atom is 0.134 e. The van der Waals surface area contributed by atoms with Gasteiger partial charge in [-0.05, 0) is 60.7 Å². The minimum Gasteiger partial charge on any atom is -0.378 e. The third-order valence-corrected chi connectivity index (χ3v) is 6.33. The molecule has 6 rings (SSSR count). The van der Waals surface area contributed by atoms with Crippen LogP contribution in [0.5, 0.6) is 0 Å². The highest BCUT2D eigenvalue weighted by Crippen LogP contribution is 2.29. The SMILES string of the molecule is c1ccc(Nc2cc(-c3ccnc(Nc4ccc(N5CCOCC5)cc4)c3)nn2-c2ccccc2)cc1. The molecule has 0 radical (unpaired) electrons. The summed E-state index contributed by atoms with van der Waals surface area (Å²) < 4.78 is 7.39. The topological polar surface area (TPSA) is 67.2 Å². The molecule has 7 heteroatoms. The summed E-state index contributed by atoms with van der Waals surface area (Å²) in [7, 11) is 0. The van der Waals surface area contributed by atoms with Gasteiger partial charge in [-0.1, -0.05) is 36.4 Å². The van der Waals surface area contributed by atoms with Crippen LogP contribution in [0.3, 0.4) is 0 Å². The molecule has 2 N–H and O–H groups in total. The second kappa shape index (κ2) is 10.6. The molecule has 0 amide bonds. The molecule has 184 valence electrons. The number of hydrogen-bond donors (Lipinski definition) is 2. The molecule has 1 fully saturated rings. The average Bonchev–Trinajstić information content (AvgIpc) is 3.39. The Morgan fingerprint density at radius 3 is 2.14 bits per heavy atom. The number of nitrogens with zero attached hydrogens (tertiary/aromatic N) is 4. The second-order valence-electron chi connectivity index (χ2n) is 8.85. The number of hydrogen-bond acceptors (Lipinski definition) is 6. The maximum absolute atomic E-state index is 5.46. The normalized spacial score (nSPS) is 13.4. The van der Waals surface area contributed by atoms with Gasteiger partial charge in [-0.2, -0.15) is 5.10 Å². The van der Waals surface area contributed by atoms with E-state index in [0.717, 1.165) is 66.3 Å². The molecule has 0 aliphatic carbocycles. The van der Waals surface area contributed by atoms with Crippen molar-refractivity contribution in [1.29, 1.82) is 0 Å². The van der Waals surface area contributed by atoms with Crippen molar-refractivity contribution in [2.24, 2.45) is 0 Å². The largest absolute Gasteiger partial charge is 0.378 e. The summed E-state index contributed by atoms with van der Waals surface area (Å²) in [5.74, 6) is 1.65. The summed E-state index contributed by atoms with van der Waals surface area (Å²) in [6.07, 6.45) is 1.81. The van der Waals surface area contributed by atoms with Gasteiger partial charge in [0.25, 0.3) is 0 Å². The molecule has 0 unspecified atom stereocenters. The lowest BCUT2D eigenvalue weighted by Crippen LogP contribution is -2.36. The number of anilines is 5. The Balaban J connectivity index is 1.26. The highest BCUT2D eigenvalue weighted by atomic mass is 16.5. The van der Waals surface area contributed by atoms with Gasteiger partial charge in [0.15, 0.2) is 0 Å². The van der Waals surface area contributed by atoms with E-state index < -0.39 is 0 Å². The van der Waals surface area contributed by atoms with Crippen molar-refractivity contribution in [3.63, 3.8) is 0 Å². The molecule has 3 aromatic carbocycles. The molecule has 37 heavy (non-hydrogen) atoms. The molecular formula is C30H28N6O. The molecule has 0 atom stereocenters. The molecule has 1 saturated heterocycles. The van der Waals surface area contributed by atoms with E-state index in [0.29, 0.717) is 0 Å². The van der Waals surface area contributed by atoms with Crippen LogP contribution in [0.4, 0.5) is 28.7 Å². The first-order valence-corrected chi connectivity index (χ1v) is 12.5. The Morgan fingerprint density at radius 2 is 1.38 bits per heavy atom. The molecule has 0 spiro atoms. The van der Waals surface area contributed by atoms with Gasteiger partial charge >= 0.3 is 0 Å². The van der Waals surface area contributed by atoms with Crippen LogP contribution in [-0.4, -0.2) is 41.1 Å². The Labute approximate surface area is 216 Å². The van der Waals surface area contributed by atoms with Gasteiger partial charge in [-0.3, -0.25) is 0 Å². The fourth-order valence-electron chi connectivity index (χ4n) is 4.43. The Hall–Kier alpha value is -4.62. The first kappa shape index (κ1) is 22.8. The zero-order chi connectivity index (χ0) is 24.9. The molecule has 7 nitrogen and oxygen atoms in total. The minimum absolute atomic E-state index is 0.767. The number of pyridine rings is 1. The summed E-state index contributed by atoms with van der Waals surface area (Å²) >= 11 is 0. The van der Waals surface area contributed by atoms with E-state index in [9.17, 15) is 0 Å². The first-order chi connectivity index (χ1) is 18.3. The number of para-hydroxylation sites is 2. The van der Waals surface area contributed by atoms with E-state index in [-0.39, 0.29) is 0 Å². The number of ether oxygens (including phenoxy) is 1. The van der Waals surface area contributed by atoms with E-state index in [4.69, 9.17) is 9.84 Å². The zero-order valence-electron chi connectivity index (χ0n) is 20.4. The van der Waals surface area contributed by atoms with E-state index >= 15 is 0 Å². The molecule has 1 aliphatic rings. The van der Waals surface area contributed by atoms with Gasteiger partial charge in [-0.15, -0.1) is 0 Å². The van der Waals surface area contributed by atoms with E-state index in [1.165, 1.54) is 5.69 Å². The van der Waals surface area contributed by atoms with Gasteiger partial charge in [0.05, 0.1) is 24.6 Å². The van der Waals surface area contributed by atoms with Gasteiger partial charge < -0.3 is 20.3 Å². The predicted octanol–water partition coefficient (Wildman–Crippen LogP) is 6.26. The minimum atomic E-state index is 0.767. The van der Waals surface area contributed by atoms with Crippen LogP contribution in [-0.2, 0) is 4.74 Å². The fourth-order valence-corrected chi connectivity index (χ4v) is 4.43. The zero-order valence-corrected chi connectivity index (χ0v) is 20.4. The van der Waals surface area contributed by atoms with Crippen LogP contribution in [0.25, 0.3) is 16.9 Å². The summed E-state index contributed by atoms with van der Waals surface area (Å²) in [5, 5.41) is 11.9. The van der Waals surface area contributed by atoms with E-state index in [1.54, 1.807) is 0 Å². The number of benzene rings is 3. The first-order valence-electron chi connectivity index (χ1n) is 12.5. The predicted molar refractivity (Wildman–Crippen MR) is 149 cm³/mol.